The van der Waals surface area contributed by atoms with Gasteiger partial charge in [-0.25, -0.2) is 13.2 Å². The zero-order valence-electron chi connectivity index (χ0n) is 23.0. The van der Waals surface area contributed by atoms with Gasteiger partial charge in [-0.3, -0.25) is 0 Å². The molecule has 7 nitrogen and oxygen atoms in total. The van der Waals surface area contributed by atoms with Gasteiger partial charge in [0.1, 0.15) is 11.6 Å². The van der Waals surface area contributed by atoms with Crippen molar-refractivity contribution in [2.75, 3.05) is 7.11 Å². The largest absolute Gasteiger partial charge is 0.497 e. The van der Waals surface area contributed by atoms with E-state index in [-0.39, 0.29) is 34.2 Å². The molecule has 0 aliphatic rings. The molecule has 0 saturated heterocycles. The smallest absolute Gasteiger partial charge is 0.199 e. The maximum absolute atomic E-state index is 15.6. The van der Waals surface area contributed by atoms with E-state index in [0.29, 0.717) is 23.1 Å². The molecule has 0 unspecified atom stereocenters. The van der Waals surface area contributed by atoms with Crippen molar-refractivity contribution in [1.29, 1.82) is 0 Å². The summed E-state index contributed by atoms with van der Waals surface area (Å²) in [6.07, 6.45) is 1.73. The van der Waals surface area contributed by atoms with Crippen molar-refractivity contribution < 1.29 is 27.8 Å². The van der Waals surface area contributed by atoms with Gasteiger partial charge in [0.05, 0.1) is 19.2 Å². The number of aromatic hydroxyl groups is 1. The summed E-state index contributed by atoms with van der Waals surface area (Å²) in [7, 11) is 1.59. The van der Waals surface area contributed by atoms with E-state index in [0.717, 1.165) is 17.7 Å². The van der Waals surface area contributed by atoms with Crippen LogP contribution in [0, 0.1) is 17.5 Å². The Labute approximate surface area is 239 Å². The Kier molecular flexibility index (Phi) is 7.37. The molecule has 0 bridgehead atoms. The minimum atomic E-state index is -1.37. The molecule has 41 heavy (non-hydrogen) atoms. The maximum Gasteiger partial charge on any atom is 0.199 e. The second-order valence-electron chi connectivity index (χ2n) is 10.5. The summed E-state index contributed by atoms with van der Waals surface area (Å²) in [5.74, 6) is -2.09. The first kappa shape index (κ1) is 28.4. The van der Waals surface area contributed by atoms with Gasteiger partial charge in [-0.05, 0) is 69.7 Å². The lowest BCUT2D eigenvalue weighted by Gasteiger charge is -2.28. The standard InChI is InChI=1S/C30H28ClF3N4O3/c1-16(2)38-27(35-36-29(38)30(3,4)41-26-24(33)11-19(31)12-25(26)34)22-10-18-15-37(28(39)21(18)13-23(22)32)14-17-6-8-20(40-5)9-7-17/h6-13,15-16,39H,14H2,1-5H3. The van der Waals surface area contributed by atoms with Gasteiger partial charge in [-0.2, -0.15) is 0 Å². The molecule has 0 atom stereocenters. The quantitative estimate of drug-likeness (QED) is 0.203. The summed E-state index contributed by atoms with van der Waals surface area (Å²) in [6, 6.07) is 11.9. The third-order valence-electron chi connectivity index (χ3n) is 6.77. The molecule has 0 amide bonds. The molecule has 0 fully saturated rings. The van der Waals surface area contributed by atoms with Crippen molar-refractivity contribution in [1.82, 2.24) is 19.3 Å². The Bertz CT molecular complexity index is 1720. The minimum absolute atomic E-state index is 0.0752. The van der Waals surface area contributed by atoms with Crippen molar-refractivity contribution in [3.05, 3.63) is 88.6 Å². The second-order valence-corrected chi connectivity index (χ2v) is 10.9. The van der Waals surface area contributed by atoms with Crippen LogP contribution in [0.5, 0.6) is 17.4 Å². The number of hydrogen-bond acceptors (Lipinski definition) is 5. The third kappa shape index (κ3) is 5.31. The summed E-state index contributed by atoms with van der Waals surface area (Å²) in [4.78, 5) is 0. The van der Waals surface area contributed by atoms with E-state index in [4.69, 9.17) is 21.1 Å². The van der Waals surface area contributed by atoms with Crippen molar-refractivity contribution in [3.63, 3.8) is 0 Å². The molecule has 0 spiro atoms. The zero-order valence-corrected chi connectivity index (χ0v) is 23.8. The maximum atomic E-state index is 15.6. The van der Waals surface area contributed by atoms with Crippen LogP contribution in [0.3, 0.4) is 0 Å². The topological polar surface area (TPSA) is 74.3 Å². The van der Waals surface area contributed by atoms with E-state index in [1.54, 1.807) is 42.4 Å². The highest BCUT2D eigenvalue weighted by atomic mass is 35.5. The average Bonchev–Trinajstić information content (AvgIpc) is 3.49. The van der Waals surface area contributed by atoms with Crippen LogP contribution in [0.25, 0.3) is 22.2 Å². The van der Waals surface area contributed by atoms with Gasteiger partial charge in [0, 0.05) is 28.0 Å². The molecule has 214 valence electrons. The predicted octanol–water partition coefficient (Wildman–Crippen LogP) is 7.63. The summed E-state index contributed by atoms with van der Waals surface area (Å²) in [5.41, 5.74) is -0.306. The van der Waals surface area contributed by atoms with Gasteiger partial charge in [-0.15, -0.1) is 10.2 Å². The third-order valence-corrected chi connectivity index (χ3v) is 6.99. The second kappa shape index (κ2) is 10.7. The number of aromatic nitrogens is 4. The highest BCUT2D eigenvalue weighted by Gasteiger charge is 2.34. The summed E-state index contributed by atoms with van der Waals surface area (Å²) >= 11 is 5.75. The lowest BCUT2D eigenvalue weighted by atomic mass is 10.1. The fraction of sp³-hybridized carbons (Fsp3) is 0.267. The fourth-order valence-electron chi connectivity index (χ4n) is 4.80. The van der Waals surface area contributed by atoms with Crippen LogP contribution in [0.2, 0.25) is 5.02 Å². The normalized spacial score (nSPS) is 12.0. The van der Waals surface area contributed by atoms with E-state index in [1.807, 2.05) is 38.1 Å². The monoisotopic (exact) mass is 584 g/mol. The number of hydrogen-bond donors (Lipinski definition) is 1. The van der Waals surface area contributed by atoms with Crippen LogP contribution in [0.15, 0.2) is 54.7 Å². The van der Waals surface area contributed by atoms with Crippen LogP contribution < -0.4 is 9.47 Å². The van der Waals surface area contributed by atoms with E-state index in [9.17, 15) is 13.9 Å². The molecular weight excluding hydrogens is 557 g/mol. The van der Waals surface area contributed by atoms with Crippen molar-refractivity contribution in [2.45, 2.75) is 45.9 Å². The van der Waals surface area contributed by atoms with Gasteiger partial charge >= 0.3 is 0 Å². The van der Waals surface area contributed by atoms with Crippen LogP contribution in [0.4, 0.5) is 13.2 Å². The Morgan fingerprint density at radius 3 is 2.24 bits per heavy atom. The van der Waals surface area contributed by atoms with Gasteiger partial charge in [-0.1, -0.05) is 23.7 Å². The van der Waals surface area contributed by atoms with Crippen molar-refractivity contribution in [2.24, 2.45) is 0 Å². The molecule has 11 heteroatoms. The van der Waals surface area contributed by atoms with E-state index < -0.39 is 28.8 Å². The molecule has 0 radical (unpaired) electrons. The molecule has 0 aliphatic carbocycles. The molecule has 2 aromatic heterocycles. The highest BCUT2D eigenvalue weighted by Crippen LogP contribution is 2.38. The Balaban J connectivity index is 1.54. The first-order valence-corrected chi connectivity index (χ1v) is 13.2. The summed E-state index contributed by atoms with van der Waals surface area (Å²) in [5, 5.41) is 20.2. The lowest BCUT2D eigenvalue weighted by molar-refractivity contribution is 0.0814. The number of fused-ring (bicyclic) bond motifs is 1. The van der Waals surface area contributed by atoms with Crippen LogP contribution in [0.1, 0.15) is 45.1 Å². The summed E-state index contributed by atoms with van der Waals surface area (Å²) < 4.78 is 58.9. The van der Waals surface area contributed by atoms with Crippen LogP contribution in [-0.2, 0) is 12.1 Å². The zero-order chi connectivity index (χ0) is 29.6. The molecule has 0 saturated carbocycles. The van der Waals surface area contributed by atoms with E-state index >= 15 is 4.39 Å². The van der Waals surface area contributed by atoms with Gasteiger partial charge < -0.3 is 23.7 Å². The Hall–Kier alpha value is -4.18. The van der Waals surface area contributed by atoms with E-state index in [2.05, 4.69) is 10.2 Å². The highest BCUT2D eigenvalue weighted by molar-refractivity contribution is 6.30. The predicted molar refractivity (Wildman–Crippen MR) is 150 cm³/mol. The van der Waals surface area contributed by atoms with Crippen molar-refractivity contribution in [3.8, 4) is 28.8 Å². The lowest BCUT2D eigenvalue weighted by Crippen LogP contribution is -2.31. The first-order valence-electron chi connectivity index (χ1n) is 12.8. The molecule has 0 aliphatic heterocycles. The van der Waals surface area contributed by atoms with Crippen molar-refractivity contribution >= 4 is 22.4 Å². The first-order chi connectivity index (χ1) is 19.4. The van der Waals surface area contributed by atoms with Gasteiger partial charge in [0.25, 0.3) is 0 Å². The number of halogens is 4. The molecule has 5 rings (SSSR count). The average molecular weight is 585 g/mol. The number of nitrogens with zero attached hydrogens (tertiary/aromatic N) is 4. The SMILES string of the molecule is COc1ccc(Cn2cc3cc(-c4nnc(C(C)(C)Oc5c(F)cc(Cl)cc5F)n4C(C)C)c(F)cc3c2O)cc1. The minimum Gasteiger partial charge on any atom is -0.497 e. The van der Waals surface area contributed by atoms with Gasteiger partial charge in [0.15, 0.2) is 40.5 Å². The number of ether oxygens (including phenoxy) is 2. The summed E-state index contributed by atoms with van der Waals surface area (Å²) in [6.45, 7) is 7.23. The van der Waals surface area contributed by atoms with Crippen LogP contribution >= 0.6 is 11.6 Å². The van der Waals surface area contributed by atoms with Gasteiger partial charge in [0.2, 0.25) is 0 Å². The number of methoxy groups -OCH3 is 1. The molecule has 1 N–H and O–H groups in total. The fourth-order valence-corrected chi connectivity index (χ4v) is 4.99. The Morgan fingerprint density at radius 2 is 1.63 bits per heavy atom. The number of benzene rings is 3. The molecule has 3 aromatic carbocycles. The van der Waals surface area contributed by atoms with Crippen LogP contribution in [-0.4, -0.2) is 31.5 Å². The Morgan fingerprint density at radius 1 is 0.976 bits per heavy atom. The molecule has 5 aromatic rings. The molecule has 2 heterocycles. The van der Waals surface area contributed by atoms with E-state index in [1.165, 1.54) is 6.07 Å². The molecular formula is C30H28ClF3N4O3. The number of rotatable bonds is 8.